The van der Waals surface area contributed by atoms with E-state index in [0.717, 1.165) is 37.2 Å². The number of hydrogen-bond acceptors (Lipinski definition) is 3. The molecular formula is C11H15IN2O2S. The summed E-state index contributed by atoms with van der Waals surface area (Å²) in [7, 11) is -3.35. The number of nitrogens with one attached hydrogen (secondary N) is 1. The maximum atomic E-state index is 11.9. The molecule has 0 atom stereocenters. The molecule has 6 heteroatoms. The number of sulfonamides is 1. The predicted molar refractivity (Wildman–Crippen MR) is 75.4 cm³/mol. The minimum absolute atomic E-state index is 0.431. The molecule has 4 nitrogen and oxygen atoms in total. The number of likely N-dealkylation sites (N-methyl/N-ethyl adjacent to an activating group) is 1. The quantitative estimate of drug-likeness (QED) is 0.655. The van der Waals surface area contributed by atoms with Crippen molar-refractivity contribution in [3.05, 3.63) is 29.3 Å². The van der Waals surface area contributed by atoms with E-state index in [9.17, 15) is 8.42 Å². The van der Waals surface area contributed by atoms with Gasteiger partial charge in [-0.25, -0.2) is 8.42 Å². The third kappa shape index (κ3) is 2.64. The highest BCUT2D eigenvalue weighted by Crippen LogP contribution is 2.25. The van der Waals surface area contributed by atoms with Crippen LogP contribution in [0.25, 0.3) is 0 Å². The highest BCUT2D eigenvalue weighted by molar-refractivity contribution is 14.1. The zero-order chi connectivity index (χ0) is 12.5. The average molecular weight is 366 g/mol. The van der Waals surface area contributed by atoms with Crippen molar-refractivity contribution in [3.63, 3.8) is 0 Å². The first-order chi connectivity index (χ1) is 8.08. The van der Waals surface area contributed by atoms with Gasteiger partial charge < -0.3 is 0 Å². The van der Waals surface area contributed by atoms with E-state index in [-0.39, 0.29) is 0 Å². The molecule has 1 aliphatic heterocycles. The third-order valence-corrected chi connectivity index (χ3v) is 6.04. The lowest BCUT2D eigenvalue weighted by atomic mass is 10.00. The van der Waals surface area contributed by atoms with Gasteiger partial charge in [0.2, 0.25) is 10.0 Å². The van der Waals surface area contributed by atoms with Gasteiger partial charge in [-0.2, -0.15) is 2.94 Å². The Morgan fingerprint density at radius 1 is 1.47 bits per heavy atom. The van der Waals surface area contributed by atoms with Gasteiger partial charge in [0, 0.05) is 36.0 Å². The van der Waals surface area contributed by atoms with Crippen LogP contribution in [0.5, 0.6) is 0 Å². The second-order valence-electron chi connectivity index (χ2n) is 4.09. The molecule has 94 valence electrons. The van der Waals surface area contributed by atoms with E-state index in [4.69, 9.17) is 0 Å². The Labute approximate surface area is 116 Å². The number of fused-ring (bicyclic) bond motifs is 1. The number of nitrogens with zero attached hydrogens (tertiary/aromatic N) is 1. The molecular weight excluding hydrogens is 351 g/mol. The summed E-state index contributed by atoms with van der Waals surface area (Å²) in [5.74, 6) is 0. The Kier molecular flexibility index (Phi) is 4.06. The molecule has 0 unspecified atom stereocenters. The van der Waals surface area contributed by atoms with Crippen molar-refractivity contribution < 1.29 is 8.42 Å². The van der Waals surface area contributed by atoms with Gasteiger partial charge >= 0.3 is 0 Å². The van der Waals surface area contributed by atoms with Crippen molar-refractivity contribution in [2.45, 2.75) is 24.8 Å². The lowest BCUT2D eigenvalue weighted by Gasteiger charge is -2.28. The second-order valence-corrected chi connectivity index (χ2v) is 7.02. The minimum Gasteiger partial charge on any atom is -0.299 e. The lowest BCUT2D eigenvalue weighted by molar-refractivity contribution is 0.266. The molecule has 1 aromatic carbocycles. The summed E-state index contributed by atoms with van der Waals surface area (Å²) < 4.78 is 26.1. The van der Waals surface area contributed by atoms with Crippen LogP contribution in [0.1, 0.15) is 18.1 Å². The van der Waals surface area contributed by atoms with E-state index in [0.29, 0.717) is 4.90 Å². The van der Waals surface area contributed by atoms with Crippen LogP contribution in [0.2, 0.25) is 0 Å². The van der Waals surface area contributed by atoms with Crippen LogP contribution in [0.3, 0.4) is 0 Å². The molecule has 0 aromatic heterocycles. The largest absolute Gasteiger partial charge is 0.299 e. The molecule has 0 bridgehead atoms. The number of halogens is 1. The van der Waals surface area contributed by atoms with E-state index in [1.807, 2.05) is 12.1 Å². The highest BCUT2D eigenvalue weighted by atomic mass is 127. The molecule has 0 aliphatic carbocycles. The second kappa shape index (κ2) is 5.21. The first-order valence-electron chi connectivity index (χ1n) is 5.54. The number of rotatable bonds is 3. The molecule has 1 heterocycles. The maximum absolute atomic E-state index is 11.9. The summed E-state index contributed by atoms with van der Waals surface area (Å²) in [6, 6.07) is 5.52. The van der Waals surface area contributed by atoms with E-state index in [2.05, 4.69) is 14.8 Å². The normalized spacial score (nSPS) is 16.8. The molecule has 2 rings (SSSR count). The molecule has 17 heavy (non-hydrogen) atoms. The maximum Gasteiger partial charge on any atom is 0.249 e. The zero-order valence-corrected chi connectivity index (χ0v) is 12.6. The van der Waals surface area contributed by atoms with E-state index in [1.54, 1.807) is 28.9 Å². The van der Waals surface area contributed by atoms with Gasteiger partial charge in [0.05, 0.1) is 4.90 Å². The number of benzene rings is 1. The molecule has 0 saturated heterocycles. The summed E-state index contributed by atoms with van der Waals surface area (Å²) in [4.78, 5) is 2.75. The van der Waals surface area contributed by atoms with Gasteiger partial charge in [0.1, 0.15) is 0 Å². The van der Waals surface area contributed by atoms with Crippen molar-refractivity contribution in [3.8, 4) is 0 Å². The first kappa shape index (κ1) is 13.3. The Morgan fingerprint density at radius 2 is 2.24 bits per heavy atom. The molecule has 0 fully saturated rings. The smallest absolute Gasteiger partial charge is 0.249 e. The predicted octanol–water partition coefficient (Wildman–Crippen LogP) is 1.69. The van der Waals surface area contributed by atoms with Crippen molar-refractivity contribution in [2.24, 2.45) is 0 Å². The van der Waals surface area contributed by atoms with Crippen LogP contribution < -0.4 is 2.94 Å². The van der Waals surface area contributed by atoms with Crippen molar-refractivity contribution in [1.29, 1.82) is 0 Å². The molecule has 0 radical (unpaired) electrons. The fourth-order valence-corrected chi connectivity index (χ4v) is 3.81. The third-order valence-electron chi connectivity index (χ3n) is 3.14. The lowest BCUT2D eigenvalue weighted by Crippen LogP contribution is -2.31. The topological polar surface area (TPSA) is 49.4 Å². The molecule has 1 aromatic rings. The Hall–Kier alpha value is -0.180. The zero-order valence-electron chi connectivity index (χ0n) is 9.61. The van der Waals surface area contributed by atoms with Gasteiger partial charge in [-0.15, -0.1) is 0 Å². The van der Waals surface area contributed by atoms with E-state index in [1.165, 1.54) is 0 Å². The summed E-state index contributed by atoms with van der Waals surface area (Å²) >= 11 is 1.67. The van der Waals surface area contributed by atoms with Crippen molar-refractivity contribution >= 4 is 32.9 Å². The Bertz CT molecular complexity index is 516. The van der Waals surface area contributed by atoms with Gasteiger partial charge in [0.25, 0.3) is 0 Å². The van der Waals surface area contributed by atoms with Gasteiger partial charge in [-0.1, -0.05) is 19.1 Å². The molecule has 0 spiro atoms. The van der Waals surface area contributed by atoms with Crippen molar-refractivity contribution in [2.75, 3.05) is 13.1 Å². The van der Waals surface area contributed by atoms with Gasteiger partial charge in [-0.3, -0.25) is 4.90 Å². The van der Waals surface area contributed by atoms with E-state index >= 15 is 0 Å². The van der Waals surface area contributed by atoms with Crippen LogP contribution >= 0.6 is 22.9 Å². The molecule has 1 N–H and O–H groups in total. The fraction of sp³-hybridized carbons (Fsp3) is 0.455. The van der Waals surface area contributed by atoms with Crippen LogP contribution in [-0.2, 0) is 23.0 Å². The Balaban J connectivity index is 2.46. The van der Waals surface area contributed by atoms with Crippen LogP contribution in [0.15, 0.2) is 23.1 Å². The highest BCUT2D eigenvalue weighted by Gasteiger charge is 2.23. The Morgan fingerprint density at radius 3 is 2.88 bits per heavy atom. The monoisotopic (exact) mass is 366 g/mol. The van der Waals surface area contributed by atoms with Crippen LogP contribution in [0.4, 0.5) is 0 Å². The summed E-state index contributed by atoms with van der Waals surface area (Å²) in [6.07, 6.45) is 0.802. The molecule has 0 amide bonds. The molecule has 0 saturated carbocycles. The summed E-state index contributed by atoms with van der Waals surface area (Å²) in [5.41, 5.74) is 2.10. The van der Waals surface area contributed by atoms with Gasteiger partial charge in [0.15, 0.2) is 0 Å². The van der Waals surface area contributed by atoms with Crippen molar-refractivity contribution in [1.82, 2.24) is 7.84 Å². The SMILES string of the molecule is CCN1CCc2c(cccc2S(=O)(=O)NI)C1. The molecule has 1 aliphatic rings. The van der Waals surface area contributed by atoms with Crippen LogP contribution in [-0.4, -0.2) is 26.4 Å². The summed E-state index contributed by atoms with van der Waals surface area (Å²) in [6.45, 7) is 4.90. The van der Waals surface area contributed by atoms with E-state index < -0.39 is 10.0 Å². The van der Waals surface area contributed by atoms with Crippen LogP contribution in [0, 0.1) is 0 Å². The first-order valence-corrected chi connectivity index (χ1v) is 8.10. The summed E-state index contributed by atoms with van der Waals surface area (Å²) in [5, 5.41) is 0. The number of hydrogen-bond donors (Lipinski definition) is 1. The average Bonchev–Trinajstić information content (AvgIpc) is 2.37. The standard InChI is InChI=1S/C11H15IN2O2S/c1-2-14-7-6-10-9(8-14)4-3-5-11(10)17(15,16)13-12/h3-5,13H,2,6-8H2,1H3. The van der Waals surface area contributed by atoms with Gasteiger partial charge in [-0.05, 0) is 30.2 Å². The minimum atomic E-state index is -3.35. The fourth-order valence-electron chi connectivity index (χ4n) is 2.20.